The Bertz CT molecular complexity index is 436. The van der Waals surface area contributed by atoms with Crippen molar-refractivity contribution in [3.63, 3.8) is 0 Å². The number of rotatable bonds is 1. The van der Waals surface area contributed by atoms with Gasteiger partial charge < -0.3 is 20.7 Å². The third-order valence-electron chi connectivity index (χ3n) is 2.80. The first-order valence-corrected chi connectivity index (χ1v) is 6.56. The van der Waals surface area contributed by atoms with E-state index in [4.69, 9.17) is 10.5 Å². The van der Waals surface area contributed by atoms with Crippen LogP contribution < -0.4 is 11.1 Å². The number of carbonyl (C=O) groups is 1. The summed E-state index contributed by atoms with van der Waals surface area (Å²) in [7, 11) is 0. The Morgan fingerprint density at radius 1 is 1.44 bits per heavy atom. The summed E-state index contributed by atoms with van der Waals surface area (Å²) in [6.45, 7) is 4.33. The number of nitrogens with zero attached hydrogens (tertiary/aromatic N) is 1. The number of halogens is 1. The molecule has 0 spiro atoms. The Labute approximate surface area is 114 Å². The highest BCUT2D eigenvalue weighted by atomic mass is 79.9. The first kappa shape index (κ1) is 13.2. The van der Waals surface area contributed by atoms with Gasteiger partial charge in [0.05, 0.1) is 24.6 Å². The highest BCUT2D eigenvalue weighted by molar-refractivity contribution is 9.10. The number of carbonyl (C=O) groups excluding carboxylic acids is 1. The number of nitrogen functional groups attached to an aromatic ring is 1. The van der Waals surface area contributed by atoms with Crippen LogP contribution in [0.3, 0.4) is 0 Å². The van der Waals surface area contributed by atoms with Gasteiger partial charge in [0.2, 0.25) is 0 Å². The fourth-order valence-corrected chi connectivity index (χ4v) is 2.54. The zero-order valence-electron chi connectivity index (χ0n) is 10.2. The quantitative estimate of drug-likeness (QED) is 0.781. The Balaban J connectivity index is 2.11. The molecule has 1 aromatic carbocycles. The Morgan fingerprint density at radius 2 is 2.11 bits per heavy atom. The molecule has 5 nitrogen and oxygen atoms in total. The van der Waals surface area contributed by atoms with E-state index in [-0.39, 0.29) is 6.03 Å². The number of morpholine rings is 1. The molecule has 2 rings (SSSR count). The topological polar surface area (TPSA) is 67.6 Å². The second-order valence-electron chi connectivity index (χ2n) is 4.24. The van der Waals surface area contributed by atoms with Gasteiger partial charge in [-0.2, -0.15) is 0 Å². The number of amides is 2. The van der Waals surface area contributed by atoms with Crippen LogP contribution >= 0.6 is 15.9 Å². The Hall–Kier alpha value is -1.27. The lowest BCUT2D eigenvalue weighted by Gasteiger charge is -2.27. The van der Waals surface area contributed by atoms with Gasteiger partial charge in [-0.3, -0.25) is 0 Å². The summed E-state index contributed by atoms with van der Waals surface area (Å²) in [5.74, 6) is 0. The Kier molecular flexibility index (Phi) is 4.08. The van der Waals surface area contributed by atoms with Crippen LogP contribution in [0.4, 0.5) is 16.2 Å². The number of aryl methyl sites for hydroxylation is 1. The van der Waals surface area contributed by atoms with Crippen LogP contribution in [-0.4, -0.2) is 37.2 Å². The summed E-state index contributed by atoms with van der Waals surface area (Å²) in [4.78, 5) is 13.8. The van der Waals surface area contributed by atoms with Crippen molar-refractivity contribution in [3.05, 3.63) is 22.2 Å². The number of ether oxygens (including phenoxy) is 1. The van der Waals surface area contributed by atoms with Crippen LogP contribution in [0, 0.1) is 6.92 Å². The lowest BCUT2D eigenvalue weighted by molar-refractivity contribution is 0.0564. The molecule has 2 amide bonds. The molecule has 0 aliphatic carbocycles. The van der Waals surface area contributed by atoms with E-state index in [0.717, 1.165) is 10.0 Å². The van der Waals surface area contributed by atoms with E-state index in [2.05, 4.69) is 21.2 Å². The summed E-state index contributed by atoms with van der Waals surface area (Å²) in [6.07, 6.45) is 0. The van der Waals surface area contributed by atoms with Crippen molar-refractivity contribution < 1.29 is 9.53 Å². The first-order valence-electron chi connectivity index (χ1n) is 5.77. The molecule has 0 saturated carbocycles. The minimum atomic E-state index is -0.144. The molecule has 6 heteroatoms. The molecule has 0 atom stereocenters. The number of anilines is 2. The fraction of sp³-hybridized carbons (Fsp3) is 0.417. The minimum absolute atomic E-state index is 0.144. The van der Waals surface area contributed by atoms with E-state index < -0.39 is 0 Å². The summed E-state index contributed by atoms with van der Waals surface area (Å²) in [6, 6.07) is 3.61. The van der Waals surface area contributed by atoms with Crippen LogP contribution in [0.15, 0.2) is 16.6 Å². The summed E-state index contributed by atoms with van der Waals surface area (Å²) in [5, 5.41) is 2.83. The molecule has 18 heavy (non-hydrogen) atoms. The van der Waals surface area contributed by atoms with Crippen LogP contribution in [-0.2, 0) is 4.74 Å². The average Bonchev–Trinajstić information content (AvgIpc) is 2.34. The maximum atomic E-state index is 12.0. The average molecular weight is 314 g/mol. The number of urea groups is 1. The van der Waals surface area contributed by atoms with Gasteiger partial charge in [-0.15, -0.1) is 0 Å². The molecule has 1 aromatic rings. The molecular formula is C12H16BrN3O2. The number of nitrogens with one attached hydrogen (secondary N) is 1. The molecule has 0 aromatic heterocycles. The van der Waals surface area contributed by atoms with Gasteiger partial charge >= 0.3 is 6.03 Å². The van der Waals surface area contributed by atoms with Gasteiger partial charge in [0.25, 0.3) is 0 Å². The molecule has 0 unspecified atom stereocenters. The van der Waals surface area contributed by atoms with Crippen molar-refractivity contribution in [2.75, 3.05) is 37.4 Å². The van der Waals surface area contributed by atoms with Gasteiger partial charge in [0.1, 0.15) is 0 Å². The monoisotopic (exact) mass is 313 g/mol. The van der Waals surface area contributed by atoms with Crippen molar-refractivity contribution in [2.24, 2.45) is 0 Å². The molecule has 0 radical (unpaired) electrons. The van der Waals surface area contributed by atoms with E-state index in [0.29, 0.717) is 37.7 Å². The first-order chi connectivity index (χ1) is 8.58. The van der Waals surface area contributed by atoms with Crippen LogP contribution in [0.2, 0.25) is 0 Å². The lowest BCUT2D eigenvalue weighted by Crippen LogP contribution is -2.43. The maximum Gasteiger partial charge on any atom is 0.322 e. The van der Waals surface area contributed by atoms with E-state index in [9.17, 15) is 4.79 Å². The molecule has 1 saturated heterocycles. The van der Waals surface area contributed by atoms with E-state index in [1.54, 1.807) is 4.90 Å². The SMILES string of the molecule is Cc1cc(N)c(NC(=O)N2CCOCC2)c(Br)c1. The highest BCUT2D eigenvalue weighted by Gasteiger charge is 2.18. The highest BCUT2D eigenvalue weighted by Crippen LogP contribution is 2.30. The maximum absolute atomic E-state index is 12.0. The van der Waals surface area contributed by atoms with Crippen LogP contribution in [0.25, 0.3) is 0 Å². The zero-order valence-corrected chi connectivity index (χ0v) is 11.8. The van der Waals surface area contributed by atoms with Gasteiger partial charge in [-0.1, -0.05) is 0 Å². The number of nitrogens with two attached hydrogens (primary N) is 1. The lowest BCUT2D eigenvalue weighted by atomic mass is 10.2. The largest absolute Gasteiger partial charge is 0.397 e. The van der Waals surface area contributed by atoms with Crippen molar-refractivity contribution in [3.8, 4) is 0 Å². The van der Waals surface area contributed by atoms with Gasteiger partial charge in [0, 0.05) is 17.6 Å². The predicted octanol–water partition coefficient (Wildman–Crippen LogP) is 2.20. The number of benzene rings is 1. The summed E-state index contributed by atoms with van der Waals surface area (Å²) < 4.78 is 6.00. The molecule has 1 heterocycles. The van der Waals surface area contributed by atoms with Crippen molar-refractivity contribution in [1.82, 2.24) is 4.90 Å². The number of hydrogen-bond donors (Lipinski definition) is 2. The standard InChI is InChI=1S/C12H16BrN3O2/c1-8-6-9(13)11(10(14)7-8)15-12(17)16-2-4-18-5-3-16/h6-7H,2-5,14H2,1H3,(H,15,17). The third kappa shape index (κ3) is 2.94. The molecule has 1 aliphatic heterocycles. The number of hydrogen-bond acceptors (Lipinski definition) is 3. The minimum Gasteiger partial charge on any atom is -0.397 e. The summed E-state index contributed by atoms with van der Waals surface area (Å²) in [5.41, 5.74) is 8.14. The third-order valence-corrected chi connectivity index (χ3v) is 3.42. The van der Waals surface area contributed by atoms with Crippen molar-refractivity contribution >= 4 is 33.3 Å². The molecule has 1 fully saturated rings. The second-order valence-corrected chi connectivity index (χ2v) is 5.09. The molecule has 1 aliphatic rings. The van der Waals surface area contributed by atoms with Crippen molar-refractivity contribution in [2.45, 2.75) is 6.92 Å². The van der Waals surface area contributed by atoms with E-state index >= 15 is 0 Å². The normalized spacial score (nSPS) is 15.6. The smallest absolute Gasteiger partial charge is 0.322 e. The van der Waals surface area contributed by atoms with Gasteiger partial charge in [0.15, 0.2) is 0 Å². The molecular weight excluding hydrogens is 298 g/mol. The van der Waals surface area contributed by atoms with Gasteiger partial charge in [-0.25, -0.2) is 4.79 Å². The second kappa shape index (κ2) is 5.58. The summed E-state index contributed by atoms with van der Waals surface area (Å²) >= 11 is 3.41. The Morgan fingerprint density at radius 3 is 2.72 bits per heavy atom. The van der Waals surface area contributed by atoms with Crippen molar-refractivity contribution in [1.29, 1.82) is 0 Å². The van der Waals surface area contributed by atoms with E-state index in [1.807, 2.05) is 19.1 Å². The fourth-order valence-electron chi connectivity index (χ4n) is 1.85. The van der Waals surface area contributed by atoms with Crippen LogP contribution in [0.5, 0.6) is 0 Å². The molecule has 98 valence electrons. The van der Waals surface area contributed by atoms with Gasteiger partial charge in [-0.05, 0) is 40.5 Å². The van der Waals surface area contributed by atoms with E-state index in [1.165, 1.54) is 0 Å². The predicted molar refractivity (Wildman–Crippen MR) is 74.7 cm³/mol. The molecule has 3 N–H and O–H groups in total. The van der Waals surface area contributed by atoms with Crippen LogP contribution in [0.1, 0.15) is 5.56 Å². The zero-order chi connectivity index (χ0) is 13.1. The molecule has 0 bridgehead atoms.